The third-order valence-corrected chi connectivity index (χ3v) is 2.39. The van der Waals surface area contributed by atoms with Gasteiger partial charge in [0.1, 0.15) is 0 Å². The molecule has 0 bridgehead atoms. The second-order valence-electron chi connectivity index (χ2n) is 4.56. The Kier molecular flexibility index (Phi) is 14.0. The molecule has 5 heteroatoms. The summed E-state index contributed by atoms with van der Waals surface area (Å²) in [6.45, 7) is 6.09. The SMILES string of the molecule is CC(C)([C]1[CH][CH][CH][N]1)c1ccc[n-]1.C[N-]C.C[N-]C.[Ti+4]. The van der Waals surface area contributed by atoms with Gasteiger partial charge in [-0.25, -0.2) is 5.32 Å². The first-order chi connectivity index (χ1) is 9.04. The minimum atomic E-state index is -0.0764. The minimum absolute atomic E-state index is 0. The molecule has 1 aromatic rings. The summed E-state index contributed by atoms with van der Waals surface area (Å²) in [5, 5.41) is 11.3. The van der Waals surface area contributed by atoms with Crippen molar-refractivity contribution in [3.8, 4) is 0 Å². The van der Waals surface area contributed by atoms with Crippen LogP contribution in [-0.2, 0) is 27.1 Å². The van der Waals surface area contributed by atoms with E-state index in [4.69, 9.17) is 0 Å². The van der Waals surface area contributed by atoms with E-state index < -0.39 is 0 Å². The second kappa shape index (κ2) is 12.6. The Hall–Kier alpha value is -0.126. The fourth-order valence-corrected chi connectivity index (χ4v) is 1.47. The van der Waals surface area contributed by atoms with Gasteiger partial charge < -0.3 is 15.6 Å². The van der Waals surface area contributed by atoms with Gasteiger partial charge in [0.05, 0.1) is 6.04 Å². The van der Waals surface area contributed by atoms with Gasteiger partial charge in [0.15, 0.2) is 0 Å². The maximum Gasteiger partial charge on any atom is 4.00 e. The average Bonchev–Trinajstić information content (AvgIpc) is 3.06. The summed E-state index contributed by atoms with van der Waals surface area (Å²) in [7, 11) is 7.00. The van der Waals surface area contributed by atoms with Crippen molar-refractivity contribution in [3.63, 3.8) is 0 Å². The topological polar surface area (TPSA) is 56.4 Å². The second-order valence-corrected chi connectivity index (χ2v) is 4.56. The number of aromatic nitrogens is 1. The molecule has 0 aromatic carbocycles. The van der Waals surface area contributed by atoms with Crippen LogP contribution < -0.4 is 10.3 Å². The molecule has 5 radical (unpaired) electrons. The maximum atomic E-state index is 4.30. The van der Waals surface area contributed by atoms with E-state index in [1.807, 2.05) is 37.7 Å². The molecular weight excluding hydrogens is 284 g/mol. The van der Waals surface area contributed by atoms with Crippen LogP contribution in [0.3, 0.4) is 0 Å². The van der Waals surface area contributed by atoms with Gasteiger partial charge in [-0.2, -0.15) is 40.1 Å². The van der Waals surface area contributed by atoms with Crippen LogP contribution in [0.1, 0.15) is 19.5 Å². The molecule has 1 aromatic heterocycles. The fourth-order valence-electron chi connectivity index (χ4n) is 1.47. The first kappa shape index (κ1) is 22.2. The molecule has 1 aliphatic rings. The average molecular weight is 308 g/mol. The van der Waals surface area contributed by atoms with Gasteiger partial charge in [0, 0.05) is 6.54 Å². The molecule has 0 unspecified atom stereocenters. The Labute approximate surface area is 139 Å². The number of hydrogen-bond acceptors (Lipinski definition) is 0. The molecule has 2 heterocycles. The molecule has 20 heavy (non-hydrogen) atoms. The third-order valence-electron chi connectivity index (χ3n) is 2.39. The molecule has 0 amide bonds. The van der Waals surface area contributed by atoms with Crippen molar-refractivity contribution in [1.82, 2.24) is 10.3 Å². The van der Waals surface area contributed by atoms with Gasteiger partial charge in [0.25, 0.3) is 0 Å². The quantitative estimate of drug-likeness (QED) is 0.775. The monoisotopic (exact) mass is 308 g/mol. The van der Waals surface area contributed by atoms with E-state index in [-0.39, 0.29) is 27.1 Å². The summed E-state index contributed by atoms with van der Waals surface area (Å²) in [5.74, 6) is 0. The van der Waals surface area contributed by atoms with Crippen LogP contribution in [-0.4, -0.2) is 28.2 Å². The van der Waals surface area contributed by atoms with E-state index in [1.165, 1.54) is 0 Å². The zero-order valence-electron chi connectivity index (χ0n) is 13.3. The molecule has 1 saturated heterocycles. The summed E-state index contributed by atoms with van der Waals surface area (Å²) in [4.78, 5) is 4.30. The number of rotatable bonds is 2. The molecule has 0 atom stereocenters. The Morgan fingerprint density at radius 1 is 1.10 bits per heavy atom. The van der Waals surface area contributed by atoms with Crippen molar-refractivity contribution in [3.05, 3.63) is 60.1 Å². The predicted molar refractivity (Wildman–Crippen MR) is 81.5 cm³/mol. The van der Waals surface area contributed by atoms with Crippen LogP contribution in [0.5, 0.6) is 0 Å². The molecule has 0 saturated carbocycles. The Bertz CT molecular complexity index is 291. The molecule has 0 aliphatic carbocycles. The summed E-state index contributed by atoms with van der Waals surface area (Å²) >= 11 is 0. The van der Waals surface area contributed by atoms with E-state index in [0.717, 1.165) is 11.7 Å². The van der Waals surface area contributed by atoms with Crippen molar-refractivity contribution >= 4 is 0 Å². The molecule has 2 rings (SSSR count). The molecular formula is C15H24N4Ti+. The van der Waals surface area contributed by atoms with E-state index in [1.54, 1.807) is 28.2 Å². The fraction of sp³-hybridized carbons (Fsp3) is 0.467. The third kappa shape index (κ3) is 7.60. The van der Waals surface area contributed by atoms with Crippen molar-refractivity contribution in [2.75, 3.05) is 28.2 Å². The zero-order chi connectivity index (χ0) is 14.7. The molecule has 4 nitrogen and oxygen atoms in total. The summed E-state index contributed by atoms with van der Waals surface area (Å²) in [6, 6.07) is 5.07. The summed E-state index contributed by atoms with van der Waals surface area (Å²) in [6.07, 6.45) is 5.81. The number of hydrogen-bond donors (Lipinski definition) is 0. The van der Waals surface area contributed by atoms with Crippen molar-refractivity contribution in [2.45, 2.75) is 19.3 Å². The van der Waals surface area contributed by atoms with Crippen LogP contribution in [0.25, 0.3) is 10.6 Å². The van der Waals surface area contributed by atoms with Crippen LogP contribution in [0.15, 0.2) is 18.3 Å². The van der Waals surface area contributed by atoms with E-state index in [0.29, 0.717) is 0 Å². The summed E-state index contributed by atoms with van der Waals surface area (Å²) < 4.78 is 0. The molecule has 1 aliphatic heterocycles. The van der Waals surface area contributed by atoms with Gasteiger partial charge in [-0.3, -0.25) is 0 Å². The molecule has 0 spiro atoms. The van der Waals surface area contributed by atoms with Crippen molar-refractivity contribution in [2.24, 2.45) is 0 Å². The van der Waals surface area contributed by atoms with E-state index in [9.17, 15) is 0 Å². The normalized spacial score (nSPS) is 14.5. The van der Waals surface area contributed by atoms with Crippen LogP contribution in [0.2, 0.25) is 0 Å². The van der Waals surface area contributed by atoms with Gasteiger partial charge in [-0.05, 0) is 18.3 Å². The van der Waals surface area contributed by atoms with Gasteiger partial charge in [0.2, 0.25) is 0 Å². The van der Waals surface area contributed by atoms with E-state index >= 15 is 0 Å². The molecule has 107 valence electrons. The van der Waals surface area contributed by atoms with E-state index in [2.05, 4.69) is 34.8 Å². The predicted octanol–water partition coefficient (Wildman–Crippen LogP) is 2.88. The Morgan fingerprint density at radius 2 is 1.65 bits per heavy atom. The molecule has 0 N–H and O–H groups in total. The van der Waals surface area contributed by atoms with Gasteiger partial charge in [-0.15, -0.1) is 0 Å². The Balaban J connectivity index is 0. The van der Waals surface area contributed by atoms with Crippen LogP contribution >= 0.6 is 0 Å². The van der Waals surface area contributed by atoms with Crippen molar-refractivity contribution in [1.29, 1.82) is 0 Å². The summed E-state index contributed by atoms with van der Waals surface area (Å²) in [5.41, 5.74) is 0.999. The van der Waals surface area contributed by atoms with Gasteiger partial charge >= 0.3 is 21.7 Å². The zero-order valence-corrected chi connectivity index (χ0v) is 14.8. The molecule has 1 fully saturated rings. The van der Waals surface area contributed by atoms with Gasteiger partial charge in [-0.1, -0.05) is 26.0 Å². The number of nitrogens with zero attached hydrogens (tertiary/aromatic N) is 4. The Morgan fingerprint density at radius 3 is 2.00 bits per heavy atom. The van der Waals surface area contributed by atoms with Crippen LogP contribution in [0.4, 0.5) is 0 Å². The van der Waals surface area contributed by atoms with Crippen LogP contribution in [0, 0.1) is 25.4 Å². The standard InChI is InChI=1S/C11H12N2.2C2H6N.Ti/c1-11(2,9-5-3-7-12-9)10-6-4-8-13-10;2*1-3-2;/h3-8H,1-2H3;2*1-2H3;/q3*-1;+4. The first-order valence-corrected chi connectivity index (χ1v) is 6.16. The smallest absolute Gasteiger partial charge is 0.668 e. The first-order valence-electron chi connectivity index (χ1n) is 6.16. The minimum Gasteiger partial charge on any atom is -0.668 e. The maximum absolute atomic E-state index is 4.30. The van der Waals surface area contributed by atoms with Crippen molar-refractivity contribution < 1.29 is 21.7 Å². The largest absolute Gasteiger partial charge is 4.00 e.